The van der Waals surface area contributed by atoms with Gasteiger partial charge in [0.25, 0.3) is 0 Å². The molecule has 0 amide bonds. The highest BCUT2D eigenvalue weighted by Gasteiger charge is 2.26. The fourth-order valence-electron chi connectivity index (χ4n) is 2.67. The van der Waals surface area contributed by atoms with Gasteiger partial charge in [-0.3, -0.25) is 0 Å². The van der Waals surface area contributed by atoms with E-state index in [0.29, 0.717) is 11.5 Å². The molecule has 0 spiro atoms. The smallest absolute Gasteiger partial charge is 0.129 e. The van der Waals surface area contributed by atoms with Crippen LogP contribution in [0.5, 0.6) is 0 Å². The third-order valence-corrected chi connectivity index (χ3v) is 4.38. The van der Waals surface area contributed by atoms with E-state index in [1.54, 1.807) is 0 Å². The summed E-state index contributed by atoms with van der Waals surface area (Å²) < 4.78 is 14.6. The normalized spacial score (nSPS) is 26.8. The third kappa shape index (κ3) is 3.08. The molecule has 1 aromatic carbocycles. The zero-order valence-corrected chi connectivity index (χ0v) is 11.7. The Kier molecular flexibility index (Phi) is 4.21. The van der Waals surface area contributed by atoms with Crippen molar-refractivity contribution in [2.24, 2.45) is 17.6 Å². The summed E-state index contributed by atoms with van der Waals surface area (Å²) in [7, 11) is 0. The molecule has 17 heavy (non-hydrogen) atoms. The first-order valence-corrected chi connectivity index (χ1v) is 7.07. The molecule has 1 aliphatic carbocycles. The summed E-state index contributed by atoms with van der Waals surface area (Å²) >= 11 is 3.27. The number of rotatable bonds is 2. The van der Waals surface area contributed by atoms with E-state index in [1.165, 1.54) is 18.9 Å². The van der Waals surface area contributed by atoms with E-state index >= 15 is 0 Å². The van der Waals surface area contributed by atoms with Crippen molar-refractivity contribution < 1.29 is 4.39 Å². The van der Waals surface area contributed by atoms with Gasteiger partial charge in [0, 0.05) is 16.1 Å². The minimum absolute atomic E-state index is 0.157. The fourth-order valence-corrected chi connectivity index (χ4v) is 3.00. The van der Waals surface area contributed by atoms with Crippen LogP contribution in [0.4, 0.5) is 4.39 Å². The lowest BCUT2D eigenvalue weighted by Gasteiger charge is -2.31. The monoisotopic (exact) mass is 299 g/mol. The predicted octanol–water partition coefficient (Wildman–Crippen LogP) is 4.41. The zero-order valence-electron chi connectivity index (χ0n) is 10.1. The van der Waals surface area contributed by atoms with E-state index in [1.807, 2.05) is 12.1 Å². The van der Waals surface area contributed by atoms with Crippen LogP contribution in [0.25, 0.3) is 0 Å². The maximum Gasteiger partial charge on any atom is 0.129 e. The van der Waals surface area contributed by atoms with Crippen LogP contribution in [0.3, 0.4) is 0 Å². The van der Waals surface area contributed by atoms with Crippen molar-refractivity contribution in [2.75, 3.05) is 0 Å². The molecule has 3 heteroatoms. The Morgan fingerprint density at radius 1 is 1.29 bits per heavy atom. The second-order valence-electron chi connectivity index (χ2n) is 5.21. The van der Waals surface area contributed by atoms with Crippen LogP contribution in [0.15, 0.2) is 22.7 Å². The first-order valence-electron chi connectivity index (χ1n) is 6.28. The second kappa shape index (κ2) is 5.49. The van der Waals surface area contributed by atoms with Gasteiger partial charge in [0.05, 0.1) is 0 Å². The highest BCUT2D eigenvalue weighted by Crippen LogP contribution is 2.36. The molecule has 1 saturated carbocycles. The Labute approximate surface area is 111 Å². The summed E-state index contributed by atoms with van der Waals surface area (Å²) in [5.74, 6) is 1.04. The molecular weight excluding hydrogens is 281 g/mol. The summed E-state index contributed by atoms with van der Waals surface area (Å²) in [4.78, 5) is 0. The molecule has 1 atom stereocenters. The van der Waals surface area contributed by atoms with Gasteiger partial charge in [0.15, 0.2) is 0 Å². The summed E-state index contributed by atoms with van der Waals surface area (Å²) in [5.41, 5.74) is 6.87. The lowest BCUT2D eigenvalue weighted by molar-refractivity contribution is 0.253. The molecule has 1 aromatic rings. The van der Waals surface area contributed by atoms with Crippen molar-refractivity contribution in [1.82, 2.24) is 0 Å². The van der Waals surface area contributed by atoms with E-state index in [2.05, 4.69) is 22.9 Å². The largest absolute Gasteiger partial charge is 0.324 e. The molecular formula is C14H19BrFN. The van der Waals surface area contributed by atoms with Crippen LogP contribution in [0.2, 0.25) is 0 Å². The van der Waals surface area contributed by atoms with Crippen LogP contribution in [-0.4, -0.2) is 0 Å². The fraction of sp³-hybridized carbons (Fsp3) is 0.571. The molecule has 2 rings (SSSR count). The van der Waals surface area contributed by atoms with E-state index < -0.39 is 0 Å². The molecule has 1 aliphatic rings. The molecule has 94 valence electrons. The SMILES string of the molecule is CC1CCC(C(N)c2ccc(Br)cc2F)CC1. The van der Waals surface area contributed by atoms with Crippen molar-refractivity contribution in [1.29, 1.82) is 0 Å². The van der Waals surface area contributed by atoms with Crippen LogP contribution in [0, 0.1) is 17.7 Å². The lowest BCUT2D eigenvalue weighted by Crippen LogP contribution is -2.26. The van der Waals surface area contributed by atoms with Gasteiger partial charge in [-0.05, 0) is 36.8 Å². The van der Waals surface area contributed by atoms with Crippen LogP contribution in [0.1, 0.15) is 44.2 Å². The van der Waals surface area contributed by atoms with Gasteiger partial charge < -0.3 is 5.73 Å². The highest BCUT2D eigenvalue weighted by atomic mass is 79.9. The average molecular weight is 300 g/mol. The summed E-state index contributed by atoms with van der Waals surface area (Å²) in [6, 6.07) is 5.02. The first kappa shape index (κ1) is 13.0. The molecule has 0 bridgehead atoms. The number of hydrogen-bond donors (Lipinski definition) is 1. The molecule has 0 aromatic heterocycles. The number of hydrogen-bond acceptors (Lipinski definition) is 1. The summed E-state index contributed by atoms with van der Waals surface area (Å²) in [5, 5.41) is 0. The topological polar surface area (TPSA) is 26.0 Å². The number of nitrogens with two attached hydrogens (primary N) is 1. The standard InChI is InChI=1S/C14H19BrFN/c1-9-2-4-10(5-3-9)14(17)12-7-6-11(15)8-13(12)16/h6-10,14H,2-5,17H2,1H3. The third-order valence-electron chi connectivity index (χ3n) is 3.89. The zero-order chi connectivity index (χ0) is 12.4. The van der Waals surface area contributed by atoms with E-state index in [4.69, 9.17) is 5.73 Å². The van der Waals surface area contributed by atoms with Gasteiger partial charge in [-0.1, -0.05) is 41.8 Å². The molecule has 0 aliphatic heterocycles. The second-order valence-corrected chi connectivity index (χ2v) is 6.13. The average Bonchev–Trinajstić information content (AvgIpc) is 2.29. The Bertz CT molecular complexity index is 386. The molecule has 0 heterocycles. The Morgan fingerprint density at radius 2 is 1.94 bits per heavy atom. The molecule has 0 saturated heterocycles. The van der Waals surface area contributed by atoms with Gasteiger partial charge in [-0.25, -0.2) is 4.39 Å². The summed E-state index contributed by atoms with van der Waals surface area (Å²) in [6.07, 6.45) is 4.68. The van der Waals surface area contributed by atoms with Crippen molar-refractivity contribution in [3.63, 3.8) is 0 Å². The van der Waals surface area contributed by atoms with Crippen LogP contribution >= 0.6 is 15.9 Å². The van der Waals surface area contributed by atoms with Crippen LogP contribution in [-0.2, 0) is 0 Å². The van der Waals surface area contributed by atoms with Gasteiger partial charge >= 0.3 is 0 Å². The van der Waals surface area contributed by atoms with E-state index in [-0.39, 0.29) is 11.9 Å². The minimum Gasteiger partial charge on any atom is -0.324 e. The van der Waals surface area contributed by atoms with Gasteiger partial charge in [0.2, 0.25) is 0 Å². The molecule has 1 unspecified atom stereocenters. The van der Waals surface area contributed by atoms with Crippen molar-refractivity contribution in [2.45, 2.75) is 38.6 Å². The van der Waals surface area contributed by atoms with E-state index in [9.17, 15) is 4.39 Å². The van der Waals surface area contributed by atoms with Crippen molar-refractivity contribution >= 4 is 15.9 Å². The Balaban J connectivity index is 2.11. The Hall–Kier alpha value is -0.410. The van der Waals surface area contributed by atoms with Crippen molar-refractivity contribution in [3.05, 3.63) is 34.1 Å². The highest BCUT2D eigenvalue weighted by molar-refractivity contribution is 9.10. The van der Waals surface area contributed by atoms with Gasteiger partial charge in [-0.2, -0.15) is 0 Å². The number of benzene rings is 1. The lowest BCUT2D eigenvalue weighted by atomic mass is 9.77. The molecule has 2 N–H and O–H groups in total. The van der Waals surface area contributed by atoms with E-state index in [0.717, 1.165) is 23.2 Å². The quantitative estimate of drug-likeness (QED) is 0.860. The molecule has 1 nitrogen and oxygen atoms in total. The maximum atomic E-state index is 13.8. The maximum absolute atomic E-state index is 13.8. The summed E-state index contributed by atoms with van der Waals surface area (Å²) in [6.45, 7) is 2.28. The van der Waals surface area contributed by atoms with Gasteiger partial charge in [-0.15, -0.1) is 0 Å². The Morgan fingerprint density at radius 3 is 2.53 bits per heavy atom. The predicted molar refractivity (Wildman–Crippen MR) is 72.2 cm³/mol. The first-order chi connectivity index (χ1) is 8.08. The molecule has 0 radical (unpaired) electrons. The van der Waals surface area contributed by atoms with Crippen molar-refractivity contribution in [3.8, 4) is 0 Å². The van der Waals surface area contributed by atoms with Gasteiger partial charge in [0.1, 0.15) is 5.82 Å². The number of halogens is 2. The van der Waals surface area contributed by atoms with Crippen LogP contribution < -0.4 is 5.73 Å². The molecule has 1 fully saturated rings. The minimum atomic E-state index is -0.189.